The van der Waals surface area contributed by atoms with Crippen molar-refractivity contribution < 1.29 is 0 Å². The van der Waals surface area contributed by atoms with Crippen LogP contribution in [-0.2, 0) is 0 Å². The Kier molecular flexibility index (Phi) is 10.3. The van der Waals surface area contributed by atoms with Crippen LogP contribution in [0.3, 0.4) is 0 Å². The van der Waals surface area contributed by atoms with Crippen LogP contribution in [0.2, 0.25) is 0 Å². The maximum absolute atomic E-state index is 5.30. The molecule has 0 fully saturated rings. The largest absolute Gasteiger partial charge is 0.208 e. The predicted molar refractivity (Wildman–Crippen MR) is 295 cm³/mol. The Balaban J connectivity index is 1.23. The summed E-state index contributed by atoms with van der Waals surface area (Å²) < 4.78 is 2.83. The SMILES string of the molecule is Bc1c(B)c(-c2c(B)c(B)c3c(sc4c(B)c(B)c(B)c(B)c43)c2B)c(B)c(B)c1-c1nc(-c2ccc(-c3ccccc3)cc2)nc(-c2ccc(-c3ccccc3)cc2)n1. The summed E-state index contributed by atoms with van der Waals surface area (Å²) in [6.45, 7) is 0. The molecule has 274 valence electrons. The molecule has 2 heterocycles. The first-order valence-electron chi connectivity index (χ1n) is 21.0. The summed E-state index contributed by atoms with van der Waals surface area (Å²) in [5, 5.41) is 2.87. The van der Waals surface area contributed by atoms with Crippen LogP contribution in [0.4, 0.5) is 0 Å². The Bertz CT molecular complexity index is 3060. The van der Waals surface area contributed by atoms with Crippen LogP contribution < -0.4 is 60.1 Å². The van der Waals surface area contributed by atoms with Crippen LogP contribution >= 0.6 is 11.3 Å². The summed E-state index contributed by atoms with van der Waals surface area (Å²) in [7, 11) is 25.3. The topological polar surface area (TPSA) is 38.7 Å². The number of aromatic nitrogens is 3. The number of benzene rings is 7. The number of fused-ring (bicyclic) bond motifs is 3. The lowest BCUT2D eigenvalue weighted by atomic mass is 9.59. The van der Waals surface area contributed by atoms with Crippen LogP contribution in [0.15, 0.2) is 109 Å². The van der Waals surface area contributed by atoms with Gasteiger partial charge in [-0.1, -0.05) is 158 Å². The molecule has 0 saturated heterocycles. The van der Waals surface area contributed by atoms with Crippen molar-refractivity contribution in [3.63, 3.8) is 0 Å². The molecule has 0 N–H and O–H groups in total. The Labute approximate surface area is 367 Å². The second-order valence-electron chi connectivity index (χ2n) is 16.7. The van der Waals surface area contributed by atoms with E-state index < -0.39 is 0 Å². The lowest BCUT2D eigenvalue weighted by Gasteiger charge is -2.25. The van der Waals surface area contributed by atoms with Crippen molar-refractivity contribution in [3.8, 4) is 67.5 Å². The summed E-state index contributed by atoms with van der Waals surface area (Å²) in [4.78, 5) is 15.8. The highest BCUT2D eigenvalue weighted by Crippen LogP contribution is 2.31. The first-order valence-corrected chi connectivity index (χ1v) is 21.8. The van der Waals surface area contributed by atoms with Crippen molar-refractivity contribution in [1.82, 2.24) is 15.0 Å². The number of hydrogen-bond donors (Lipinski definition) is 0. The Hall–Kier alpha value is -5.52. The maximum Gasteiger partial charge on any atom is 0.164 e. The van der Waals surface area contributed by atoms with E-state index in [4.69, 9.17) is 15.0 Å². The normalized spacial score (nSPS) is 11.4. The molecule has 0 atom stereocenters. The van der Waals surface area contributed by atoms with Crippen LogP contribution in [0.5, 0.6) is 0 Å². The van der Waals surface area contributed by atoms with Crippen molar-refractivity contribution in [2.45, 2.75) is 0 Å². The zero-order valence-electron chi connectivity index (χ0n) is 36.6. The van der Waals surface area contributed by atoms with Crippen molar-refractivity contribution in [3.05, 3.63) is 109 Å². The van der Waals surface area contributed by atoms with Gasteiger partial charge in [0.25, 0.3) is 0 Å². The molecule has 15 heteroatoms. The third-order valence-corrected chi connectivity index (χ3v) is 15.0. The molecular weight excluding hydrogens is 734 g/mol. The quantitative estimate of drug-likeness (QED) is 0.158. The fourth-order valence-electron chi connectivity index (χ4n) is 9.39. The zero-order valence-corrected chi connectivity index (χ0v) is 37.5. The smallest absolute Gasteiger partial charge is 0.164 e. The van der Waals surface area contributed by atoms with E-state index in [1.165, 1.54) is 103 Å². The van der Waals surface area contributed by atoms with Gasteiger partial charge in [-0.15, -0.1) is 22.3 Å². The summed E-state index contributed by atoms with van der Waals surface area (Å²) in [6, 6.07) is 38.1. The van der Waals surface area contributed by atoms with Crippen LogP contribution in [-0.4, -0.2) is 101 Å². The van der Waals surface area contributed by atoms with E-state index in [0.717, 1.165) is 27.8 Å². The Morgan fingerprint density at radius 3 is 1.05 bits per heavy atom. The van der Waals surface area contributed by atoms with E-state index in [2.05, 4.69) is 183 Å². The minimum Gasteiger partial charge on any atom is -0.208 e. The maximum atomic E-state index is 5.30. The van der Waals surface area contributed by atoms with Crippen molar-refractivity contribution in [2.24, 2.45) is 0 Å². The van der Waals surface area contributed by atoms with Crippen molar-refractivity contribution in [1.29, 1.82) is 0 Å². The van der Waals surface area contributed by atoms with Gasteiger partial charge in [-0.05, 0) is 44.2 Å². The first kappa shape index (κ1) is 39.9. The summed E-state index contributed by atoms with van der Waals surface area (Å²) in [5.41, 5.74) is 25.0. The molecule has 0 aliphatic heterocycles. The zero-order chi connectivity index (χ0) is 42.1. The van der Waals surface area contributed by atoms with Crippen molar-refractivity contribution in [2.75, 3.05) is 0 Å². The van der Waals surface area contributed by atoms with Gasteiger partial charge < -0.3 is 0 Å². The molecule has 9 aromatic rings. The van der Waals surface area contributed by atoms with Gasteiger partial charge in [-0.2, -0.15) is 0 Å². The third-order valence-electron chi connectivity index (χ3n) is 13.6. The van der Waals surface area contributed by atoms with Gasteiger partial charge in [-0.25, -0.2) is 15.0 Å². The van der Waals surface area contributed by atoms with Crippen molar-refractivity contribution >= 4 is 178 Å². The molecule has 0 spiro atoms. The summed E-state index contributed by atoms with van der Waals surface area (Å²) >= 11 is 1.97. The Morgan fingerprint density at radius 2 is 0.583 bits per heavy atom. The lowest BCUT2D eigenvalue weighted by Crippen LogP contribution is -2.48. The Morgan fingerprint density at radius 1 is 0.267 bits per heavy atom. The highest BCUT2D eigenvalue weighted by atomic mass is 32.1. The number of rotatable bonds is 6. The molecule has 0 aliphatic carbocycles. The molecule has 9 rings (SSSR count). The average molecular weight is 774 g/mol. The van der Waals surface area contributed by atoms with Gasteiger partial charge in [0.1, 0.15) is 86.3 Å². The molecule has 0 amide bonds. The second kappa shape index (κ2) is 15.5. The fourth-order valence-corrected chi connectivity index (χ4v) is 10.9. The van der Waals surface area contributed by atoms with Crippen LogP contribution in [0, 0.1) is 0 Å². The molecule has 0 radical (unpaired) electrons. The molecular formula is C45H40B11N3S. The van der Waals surface area contributed by atoms with E-state index in [9.17, 15) is 0 Å². The van der Waals surface area contributed by atoms with Gasteiger partial charge in [-0.3, -0.25) is 0 Å². The minimum absolute atomic E-state index is 0.661. The van der Waals surface area contributed by atoms with Gasteiger partial charge >= 0.3 is 0 Å². The highest BCUT2D eigenvalue weighted by Gasteiger charge is 2.25. The van der Waals surface area contributed by atoms with Gasteiger partial charge in [0, 0.05) is 26.1 Å². The van der Waals surface area contributed by atoms with Gasteiger partial charge in [0.05, 0.1) is 0 Å². The third kappa shape index (κ3) is 6.48. The van der Waals surface area contributed by atoms with Crippen LogP contribution in [0.25, 0.3) is 87.7 Å². The molecule has 0 bridgehead atoms. The average Bonchev–Trinajstić information content (AvgIpc) is 3.70. The number of hydrogen-bond acceptors (Lipinski definition) is 4. The van der Waals surface area contributed by atoms with E-state index in [1.54, 1.807) is 0 Å². The molecule has 0 unspecified atom stereocenters. The van der Waals surface area contributed by atoms with Gasteiger partial charge in [0.2, 0.25) is 0 Å². The second-order valence-corrected chi connectivity index (χ2v) is 17.7. The first-order chi connectivity index (χ1) is 28.8. The predicted octanol–water partition coefficient (Wildman–Crippen LogP) is -6.92. The molecule has 0 aliphatic rings. The molecule has 7 aromatic carbocycles. The van der Waals surface area contributed by atoms with E-state index in [-0.39, 0.29) is 0 Å². The molecule has 60 heavy (non-hydrogen) atoms. The molecule has 2 aromatic heterocycles. The molecule has 0 saturated carbocycles. The number of nitrogens with zero attached hydrogens (tertiary/aromatic N) is 3. The highest BCUT2D eigenvalue weighted by molar-refractivity contribution is 7.28. The van der Waals surface area contributed by atoms with E-state index >= 15 is 0 Å². The minimum atomic E-state index is 0.661. The van der Waals surface area contributed by atoms with Gasteiger partial charge in [0.15, 0.2) is 17.5 Å². The molecule has 3 nitrogen and oxygen atoms in total. The fraction of sp³-hybridized carbons (Fsp3) is 0. The van der Waals surface area contributed by atoms with E-state index in [0.29, 0.717) is 17.5 Å². The van der Waals surface area contributed by atoms with Crippen LogP contribution in [0.1, 0.15) is 0 Å². The standard InChI is InChI=1S/C45H40B11N3S/c46-30-25(26-32(48)33(49)27-28-34(50)38(54)39(55)40(56)42(28)60-41(27)37(26)53)31(47)36(52)29(35(30)51)45-58-43(23-15-11-21(12-16-23)19-7-3-1-4-8-19)57-44(59-45)24-17-13-22(14-18-24)20-9-5-2-6-10-20/h1-18H,46-56H2. The lowest BCUT2D eigenvalue weighted by molar-refractivity contribution is 1.08. The number of thiophene rings is 1. The summed E-state index contributed by atoms with van der Waals surface area (Å²) in [5.74, 6) is 2.02. The summed E-state index contributed by atoms with van der Waals surface area (Å²) in [6.07, 6.45) is 0. The monoisotopic (exact) mass is 775 g/mol. The van der Waals surface area contributed by atoms with E-state index in [1.807, 2.05) is 23.5 Å².